The summed E-state index contributed by atoms with van der Waals surface area (Å²) in [5.74, 6) is -0.0279. The van der Waals surface area contributed by atoms with Crippen molar-refractivity contribution in [1.29, 1.82) is 5.26 Å². The molecule has 1 amide bonds. The normalized spacial score (nSPS) is 9.95. The predicted molar refractivity (Wildman–Crippen MR) is 87.0 cm³/mol. The highest BCUT2D eigenvalue weighted by Gasteiger charge is 2.09. The van der Waals surface area contributed by atoms with Gasteiger partial charge in [0, 0.05) is 9.92 Å². The van der Waals surface area contributed by atoms with Crippen LogP contribution < -0.4 is 5.32 Å². The minimum absolute atomic E-state index is 0.196. The van der Waals surface area contributed by atoms with Crippen molar-refractivity contribution >= 4 is 46.6 Å². The van der Waals surface area contributed by atoms with Gasteiger partial charge in [-0.3, -0.25) is 4.79 Å². The van der Waals surface area contributed by atoms with Crippen LogP contribution in [0.1, 0.15) is 5.56 Å². The smallest absolute Gasteiger partial charge is 0.234 e. The number of nitrogens with zero attached hydrogens (tertiary/aromatic N) is 1. The van der Waals surface area contributed by atoms with Crippen LogP contribution in [0.25, 0.3) is 0 Å². The van der Waals surface area contributed by atoms with Crippen LogP contribution in [0.3, 0.4) is 0 Å². The third-order valence-corrected chi connectivity index (χ3v) is 4.32. The van der Waals surface area contributed by atoms with Crippen LogP contribution in [0.15, 0.2) is 47.4 Å². The molecule has 2 aromatic rings. The largest absolute Gasteiger partial charge is 0.324 e. The number of rotatable bonds is 4. The quantitative estimate of drug-likeness (QED) is 0.830. The number of thioether (sulfide) groups is 1. The molecule has 0 aliphatic heterocycles. The Bertz CT molecular complexity index is 713. The minimum atomic E-state index is -0.223. The van der Waals surface area contributed by atoms with Gasteiger partial charge in [0.25, 0.3) is 0 Å². The summed E-state index contributed by atoms with van der Waals surface area (Å²) in [5, 5.41) is 12.8. The van der Waals surface area contributed by atoms with E-state index in [2.05, 4.69) is 5.32 Å². The zero-order valence-corrected chi connectivity index (χ0v) is 13.1. The van der Waals surface area contributed by atoms with Gasteiger partial charge >= 0.3 is 0 Å². The zero-order valence-electron chi connectivity index (χ0n) is 10.8. The standard InChI is InChI=1S/C15H10Cl2N2OS/c16-11-6-5-10(8-18)13(7-11)19-15(20)9-21-14-4-2-1-3-12(14)17/h1-7H,9H2,(H,19,20). The number of halogens is 2. The summed E-state index contributed by atoms with van der Waals surface area (Å²) in [6, 6.07) is 14.0. The Morgan fingerprint density at radius 2 is 2.00 bits per heavy atom. The zero-order chi connectivity index (χ0) is 15.2. The first-order chi connectivity index (χ1) is 10.1. The average molecular weight is 337 g/mol. The van der Waals surface area contributed by atoms with Crippen LogP contribution in [-0.4, -0.2) is 11.7 Å². The molecule has 6 heteroatoms. The Labute approximate surface area is 136 Å². The number of carbonyl (C=O) groups excluding carboxylic acids is 1. The number of amides is 1. The molecule has 0 bridgehead atoms. The van der Waals surface area contributed by atoms with Crippen molar-refractivity contribution in [3.8, 4) is 6.07 Å². The van der Waals surface area contributed by atoms with E-state index >= 15 is 0 Å². The SMILES string of the molecule is N#Cc1ccc(Cl)cc1NC(=O)CSc1ccccc1Cl. The van der Waals surface area contributed by atoms with E-state index in [-0.39, 0.29) is 11.7 Å². The fourth-order valence-electron chi connectivity index (χ4n) is 1.61. The lowest BCUT2D eigenvalue weighted by molar-refractivity contribution is -0.113. The molecular weight excluding hydrogens is 327 g/mol. The predicted octanol–water partition coefficient (Wildman–Crippen LogP) is 4.60. The molecule has 0 atom stereocenters. The van der Waals surface area contributed by atoms with Gasteiger partial charge < -0.3 is 5.32 Å². The fraction of sp³-hybridized carbons (Fsp3) is 0.0667. The van der Waals surface area contributed by atoms with Gasteiger partial charge in [0.1, 0.15) is 6.07 Å². The second kappa shape index (κ2) is 7.37. The lowest BCUT2D eigenvalue weighted by Gasteiger charge is -2.08. The molecule has 0 saturated carbocycles. The third-order valence-electron chi connectivity index (χ3n) is 2.57. The van der Waals surface area contributed by atoms with Crippen LogP contribution in [-0.2, 0) is 4.79 Å². The summed E-state index contributed by atoms with van der Waals surface area (Å²) in [4.78, 5) is 12.8. The molecule has 0 heterocycles. The van der Waals surface area contributed by atoms with Gasteiger partial charge in [-0.2, -0.15) is 5.26 Å². The number of anilines is 1. The lowest BCUT2D eigenvalue weighted by atomic mass is 10.2. The van der Waals surface area contributed by atoms with E-state index in [9.17, 15) is 4.79 Å². The summed E-state index contributed by atoms with van der Waals surface area (Å²) in [6.07, 6.45) is 0. The highest BCUT2D eigenvalue weighted by Crippen LogP contribution is 2.27. The van der Waals surface area contributed by atoms with E-state index in [4.69, 9.17) is 28.5 Å². The summed E-state index contributed by atoms with van der Waals surface area (Å²) in [5.41, 5.74) is 0.783. The Balaban J connectivity index is 2.01. The second-order valence-corrected chi connectivity index (χ2v) is 5.93. The van der Waals surface area contributed by atoms with Crippen LogP contribution in [0, 0.1) is 11.3 Å². The molecule has 2 aromatic carbocycles. The maximum Gasteiger partial charge on any atom is 0.234 e. The number of hydrogen-bond acceptors (Lipinski definition) is 3. The molecule has 106 valence electrons. The number of nitrogens with one attached hydrogen (secondary N) is 1. The highest BCUT2D eigenvalue weighted by atomic mass is 35.5. The van der Waals surface area contributed by atoms with Gasteiger partial charge in [0.15, 0.2) is 0 Å². The molecule has 0 radical (unpaired) electrons. The molecule has 0 aliphatic carbocycles. The average Bonchev–Trinajstić information content (AvgIpc) is 2.47. The van der Waals surface area contributed by atoms with Crippen molar-refractivity contribution < 1.29 is 4.79 Å². The Hall–Kier alpha value is -1.67. The van der Waals surface area contributed by atoms with E-state index in [1.807, 2.05) is 24.3 Å². The van der Waals surface area contributed by atoms with E-state index < -0.39 is 0 Å². The monoisotopic (exact) mass is 336 g/mol. The molecule has 0 aromatic heterocycles. The van der Waals surface area contributed by atoms with Crippen LogP contribution in [0.2, 0.25) is 10.0 Å². The van der Waals surface area contributed by atoms with Crippen molar-refractivity contribution in [3.05, 3.63) is 58.1 Å². The lowest BCUT2D eigenvalue weighted by Crippen LogP contribution is -2.14. The van der Waals surface area contributed by atoms with E-state index in [1.165, 1.54) is 11.8 Å². The molecule has 0 saturated heterocycles. The molecule has 0 unspecified atom stereocenters. The van der Waals surface area contributed by atoms with Crippen molar-refractivity contribution in [2.24, 2.45) is 0 Å². The molecule has 3 nitrogen and oxygen atoms in total. The third kappa shape index (κ3) is 4.40. The van der Waals surface area contributed by atoms with Crippen molar-refractivity contribution in [2.75, 3.05) is 11.1 Å². The first-order valence-corrected chi connectivity index (χ1v) is 7.71. The van der Waals surface area contributed by atoms with E-state index in [0.29, 0.717) is 21.3 Å². The van der Waals surface area contributed by atoms with Crippen molar-refractivity contribution in [1.82, 2.24) is 0 Å². The van der Waals surface area contributed by atoms with E-state index in [1.54, 1.807) is 24.3 Å². The maximum absolute atomic E-state index is 11.9. The summed E-state index contributed by atoms with van der Waals surface area (Å²) in [6.45, 7) is 0. The molecule has 2 rings (SSSR count). The molecule has 0 spiro atoms. The fourth-order valence-corrected chi connectivity index (χ4v) is 2.82. The Morgan fingerprint density at radius 1 is 1.24 bits per heavy atom. The van der Waals surface area contributed by atoms with Gasteiger partial charge in [0.05, 0.1) is 22.0 Å². The Morgan fingerprint density at radius 3 is 2.71 bits per heavy atom. The summed E-state index contributed by atoms with van der Waals surface area (Å²) in [7, 11) is 0. The molecule has 0 aliphatic rings. The topological polar surface area (TPSA) is 52.9 Å². The van der Waals surface area contributed by atoms with Gasteiger partial charge in [-0.1, -0.05) is 35.3 Å². The first-order valence-electron chi connectivity index (χ1n) is 5.97. The summed E-state index contributed by atoms with van der Waals surface area (Å²) >= 11 is 13.2. The second-order valence-electron chi connectivity index (χ2n) is 4.07. The maximum atomic E-state index is 11.9. The number of nitriles is 1. The first kappa shape index (κ1) is 15.7. The van der Waals surface area contributed by atoms with Gasteiger partial charge in [-0.15, -0.1) is 11.8 Å². The van der Waals surface area contributed by atoms with E-state index in [0.717, 1.165) is 4.90 Å². The van der Waals surface area contributed by atoms with Crippen molar-refractivity contribution in [2.45, 2.75) is 4.90 Å². The van der Waals surface area contributed by atoms with Gasteiger partial charge in [-0.25, -0.2) is 0 Å². The minimum Gasteiger partial charge on any atom is -0.324 e. The molecule has 1 N–H and O–H groups in total. The number of hydrogen-bond donors (Lipinski definition) is 1. The number of carbonyl (C=O) groups is 1. The van der Waals surface area contributed by atoms with Crippen molar-refractivity contribution in [3.63, 3.8) is 0 Å². The van der Waals surface area contributed by atoms with Crippen LogP contribution >= 0.6 is 35.0 Å². The Kier molecular flexibility index (Phi) is 5.51. The summed E-state index contributed by atoms with van der Waals surface area (Å²) < 4.78 is 0. The molecule has 0 fully saturated rings. The van der Waals surface area contributed by atoms with Gasteiger partial charge in [0.2, 0.25) is 5.91 Å². The van der Waals surface area contributed by atoms with Crippen LogP contribution in [0.4, 0.5) is 5.69 Å². The number of benzene rings is 2. The van der Waals surface area contributed by atoms with Crippen LogP contribution in [0.5, 0.6) is 0 Å². The molecular formula is C15H10Cl2N2OS. The highest BCUT2D eigenvalue weighted by molar-refractivity contribution is 8.00. The van der Waals surface area contributed by atoms with Gasteiger partial charge in [-0.05, 0) is 30.3 Å². The molecule has 21 heavy (non-hydrogen) atoms.